The van der Waals surface area contributed by atoms with E-state index in [1.807, 2.05) is 5.32 Å². The Morgan fingerprint density at radius 3 is 2.14 bits per heavy atom. The van der Waals surface area contributed by atoms with Gasteiger partial charge in [0.15, 0.2) is 0 Å². The first-order valence-electron chi connectivity index (χ1n) is 4.09. The van der Waals surface area contributed by atoms with Crippen molar-refractivity contribution in [1.29, 1.82) is 0 Å². The first kappa shape index (κ1) is 13.2. The lowest BCUT2D eigenvalue weighted by Crippen LogP contribution is -2.36. The van der Waals surface area contributed by atoms with E-state index in [2.05, 4.69) is 0 Å². The number of carbonyl (C=O) groups is 1. The Bertz CT molecular complexity index is 196. The Morgan fingerprint density at radius 2 is 1.79 bits per heavy atom. The number of halogens is 3. The van der Waals surface area contributed by atoms with Crippen LogP contribution in [0.25, 0.3) is 0 Å². The molecule has 0 bridgehead atoms. The molecule has 0 unspecified atom stereocenters. The molecule has 0 spiro atoms. The van der Waals surface area contributed by atoms with E-state index < -0.39 is 30.8 Å². The van der Waals surface area contributed by atoms with E-state index in [0.29, 0.717) is 0 Å². The molecule has 0 amide bonds. The van der Waals surface area contributed by atoms with Gasteiger partial charge in [-0.3, -0.25) is 10.1 Å². The number of hydrogen-bond donors (Lipinski definition) is 1. The maximum absolute atomic E-state index is 11.6. The molecule has 0 aliphatic rings. The molecule has 0 fully saturated rings. The second-order valence-electron chi connectivity index (χ2n) is 3.81. The number of carbonyl (C=O) groups excluding carboxylic acids is 1. The molecule has 0 aromatic heterocycles. The van der Waals surface area contributed by atoms with Crippen LogP contribution in [0.3, 0.4) is 0 Å². The zero-order valence-corrected chi connectivity index (χ0v) is 8.36. The van der Waals surface area contributed by atoms with Crippen molar-refractivity contribution in [2.75, 3.05) is 13.1 Å². The molecule has 3 nitrogen and oxygen atoms in total. The number of esters is 1. The second kappa shape index (κ2) is 4.63. The highest BCUT2D eigenvalue weighted by molar-refractivity contribution is 5.72. The lowest BCUT2D eigenvalue weighted by Gasteiger charge is -2.19. The predicted octanol–water partition coefficient (Wildman–Crippen LogP) is 1.48. The summed E-state index contributed by atoms with van der Waals surface area (Å²) in [5, 5.41) is 1.95. The highest BCUT2D eigenvalue weighted by Crippen LogP contribution is 2.12. The summed E-state index contributed by atoms with van der Waals surface area (Å²) in [4.78, 5) is 10.9. The quantitative estimate of drug-likeness (QED) is 0.721. The van der Waals surface area contributed by atoms with Crippen LogP contribution in [-0.4, -0.2) is 30.8 Å². The lowest BCUT2D eigenvalue weighted by atomic mass is 10.2. The number of nitrogens with one attached hydrogen (secondary N) is 1. The highest BCUT2D eigenvalue weighted by atomic mass is 19.4. The first-order valence-corrected chi connectivity index (χ1v) is 4.09. The fourth-order valence-electron chi connectivity index (χ4n) is 0.684. The molecular weight excluding hydrogens is 199 g/mol. The van der Waals surface area contributed by atoms with Crippen molar-refractivity contribution in [3.05, 3.63) is 0 Å². The van der Waals surface area contributed by atoms with Crippen molar-refractivity contribution in [2.45, 2.75) is 32.5 Å². The molecular formula is C8H14F3NO2. The molecule has 0 radical (unpaired) electrons. The molecule has 1 N–H and O–H groups in total. The summed E-state index contributed by atoms with van der Waals surface area (Å²) in [6.07, 6.45) is -4.30. The minimum absolute atomic E-state index is 0.434. The smallest absolute Gasteiger partial charge is 0.401 e. The van der Waals surface area contributed by atoms with Crippen LogP contribution < -0.4 is 5.32 Å². The third kappa shape index (κ3) is 9.31. The fourth-order valence-corrected chi connectivity index (χ4v) is 0.684. The highest BCUT2D eigenvalue weighted by Gasteiger charge is 2.27. The molecule has 6 heteroatoms. The Balaban J connectivity index is 3.66. The number of alkyl halides is 3. The Kier molecular flexibility index (Phi) is 4.38. The van der Waals surface area contributed by atoms with Crippen LogP contribution in [0, 0.1) is 0 Å². The van der Waals surface area contributed by atoms with Crippen LogP contribution >= 0.6 is 0 Å². The zero-order chi connectivity index (χ0) is 11.4. The van der Waals surface area contributed by atoms with Gasteiger partial charge in [-0.15, -0.1) is 0 Å². The summed E-state index contributed by atoms with van der Waals surface area (Å²) < 4.78 is 39.7. The molecule has 0 aromatic rings. The molecule has 0 rings (SSSR count). The third-order valence-corrected chi connectivity index (χ3v) is 1.01. The molecule has 84 valence electrons. The molecule has 0 atom stereocenters. The van der Waals surface area contributed by atoms with Gasteiger partial charge in [0, 0.05) is 0 Å². The van der Waals surface area contributed by atoms with E-state index >= 15 is 0 Å². The van der Waals surface area contributed by atoms with Gasteiger partial charge in [-0.1, -0.05) is 0 Å². The summed E-state index contributed by atoms with van der Waals surface area (Å²) in [7, 11) is 0. The summed E-state index contributed by atoms with van der Waals surface area (Å²) in [6, 6.07) is 0. The lowest BCUT2D eigenvalue weighted by molar-refractivity contribution is -0.155. The molecule has 0 saturated heterocycles. The summed E-state index contributed by atoms with van der Waals surface area (Å²) in [5.41, 5.74) is -0.670. The summed E-state index contributed by atoms with van der Waals surface area (Å²) in [5.74, 6) is -0.693. The summed E-state index contributed by atoms with van der Waals surface area (Å²) in [6.45, 7) is 3.32. The van der Waals surface area contributed by atoms with Gasteiger partial charge in [0.05, 0.1) is 13.1 Å². The van der Waals surface area contributed by atoms with Crippen molar-refractivity contribution >= 4 is 5.97 Å². The molecule has 0 saturated carbocycles. The first-order chi connectivity index (χ1) is 6.10. The third-order valence-electron chi connectivity index (χ3n) is 1.01. The molecule has 14 heavy (non-hydrogen) atoms. The van der Waals surface area contributed by atoms with E-state index in [1.165, 1.54) is 0 Å². The van der Waals surface area contributed by atoms with Crippen LogP contribution in [0.5, 0.6) is 0 Å². The molecule has 0 heterocycles. The fraction of sp³-hybridized carbons (Fsp3) is 0.875. The standard InChI is InChI=1S/C8H14F3NO2/c1-7(2,3)14-6(13)4-12-5-8(9,10)11/h12H,4-5H2,1-3H3. The molecule has 0 aliphatic carbocycles. The maximum Gasteiger partial charge on any atom is 0.401 e. The number of hydrogen-bond acceptors (Lipinski definition) is 3. The largest absolute Gasteiger partial charge is 0.459 e. The zero-order valence-electron chi connectivity index (χ0n) is 8.36. The van der Waals surface area contributed by atoms with Crippen LogP contribution in [0.4, 0.5) is 13.2 Å². The van der Waals surface area contributed by atoms with Crippen molar-refractivity contribution in [3.63, 3.8) is 0 Å². The van der Waals surface area contributed by atoms with Crippen LogP contribution in [0.2, 0.25) is 0 Å². The SMILES string of the molecule is CC(C)(C)OC(=O)CNCC(F)(F)F. The van der Waals surface area contributed by atoms with Gasteiger partial charge >= 0.3 is 12.1 Å². The summed E-state index contributed by atoms with van der Waals surface area (Å²) >= 11 is 0. The van der Waals surface area contributed by atoms with E-state index in [0.717, 1.165) is 0 Å². The van der Waals surface area contributed by atoms with Gasteiger partial charge in [0.1, 0.15) is 5.60 Å². The van der Waals surface area contributed by atoms with Crippen LogP contribution in [0.1, 0.15) is 20.8 Å². The van der Waals surface area contributed by atoms with E-state index in [4.69, 9.17) is 4.74 Å². The van der Waals surface area contributed by atoms with E-state index in [-0.39, 0.29) is 0 Å². The van der Waals surface area contributed by atoms with E-state index in [1.54, 1.807) is 20.8 Å². The van der Waals surface area contributed by atoms with Crippen molar-refractivity contribution in [2.24, 2.45) is 0 Å². The molecule has 0 aliphatic heterocycles. The topological polar surface area (TPSA) is 38.3 Å². The average molecular weight is 213 g/mol. The van der Waals surface area contributed by atoms with Gasteiger partial charge in [0.25, 0.3) is 0 Å². The Morgan fingerprint density at radius 1 is 1.29 bits per heavy atom. The predicted molar refractivity (Wildman–Crippen MR) is 44.8 cm³/mol. The monoisotopic (exact) mass is 213 g/mol. The van der Waals surface area contributed by atoms with Crippen LogP contribution in [0.15, 0.2) is 0 Å². The van der Waals surface area contributed by atoms with Gasteiger partial charge in [-0.25, -0.2) is 0 Å². The van der Waals surface area contributed by atoms with Gasteiger partial charge in [0.2, 0.25) is 0 Å². The van der Waals surface area contributed by atoms with Gasteiger partial charge in [-0.2, -0.15) is 13.2 Å². The van der Waals surface area contributed by atoms with Crippen molar-refractivity contribution in [3.8, 4) is 0 Å². The normalized spacial score (nSPS) is 12.7. The minimum atomic E-state index is -4.30. The second-order valence-corrected chi connectivity index (χ2v) is 3.81. The van der Waals surface area contributed by atoms with Crippen molar-refractivity contribution < 1.29 is 22.7 Å². The minimum Gasteiger partial charge on any atom is -0.459 e. The van der Waals surface area contributed by atoms with Gasteiger partial charge < -0.3 is 4.74 Å². The van der Waals surface area contributed by atoms with Crippen LogP contribution in [-0.2, 0) is 9.53 Å². The van der Waals surface area contributed by atoms with Gasteiger partial charge in [-0.05, 0) is 20.8 Å². The average Bonchev–Trinajstić information content (AvgIpc) is 1.78. The van der Waals surface area contributed by atoms with Crippen molar-refractivity contribution in [1.82, 2.24) is 5.32 Å². The molecule has 0 aromatic carbocycles. The number of rotatable bonds is 3. The Hall–Kier alpha value is -0.780. The Labute approximate surface area is 80.6 Å². The maximum atomic E-state index is 11.6. The number of ether oxygens (including phenoxy) is 1. The van der Waals surface area contributed by atoms with E-state index in [9.17, 15) is 18.0 Å².